The number of hydrogen-bond donors (Lipinski definition) is 3. The molecule has 0 radical (unpaired) electrons. The predicted octanol–water partition coefficient (Wildman–Crippen LogP) is 3.35. The molecule has 3 aromatic carbocycles. The number of aliphatic hydroxyl groups excluding tert-OH is 2. The smallest absolute Gasteiger partial charge is 0.101 e. The molecule has 0 unspecified atom stereocenters. The third kappa shape index (κ3) is 2.96. The fraction of sp³-hybridized carbons (Fsp3) is 0.158. The number of aliphatic hydroxyl groups is 2. The second-order valence-corrected chi connectivity index (χ2v) is 5.31. The second kappa shape index (κ2) is 6.60. The molecule has 0 fully saturated rings. The number of fused-ring (bicyclic) bond motifs is 1. The molecule has 3 heteroatoms. The van der Waals surface area contributed by atoms with Crippen LogP contribution in [0.5, 0.6) is 0 Å². The highest BCUT2D eigenvalue weighted by Gasteiger charge is 2.20. The third-order valence-corrected chi connectivity index (χ3v) is 3.83. The summed E-state index contributed by atoms with van der Waals surface area (Å²) in [6.45, 7) is -0.294. The zero-order valence-electron chi connectivity index (χ0n) is 12.2. The van der Waals surface area contributed by atoms with Crippen molar-refractivity contribution in [1.29, 1.82) is 0 Å². The maximum atomic E-state index is 10.2. The van der Waals surface area contributed by atoms with Crippen LogP contribution in [0.2, 0.25) is 0 Å². The van der Waals surface area contributed by atoms with E-state index >= 15 is 0 Å². The number of rotatable bonds is 5. The van der Waals surface area contributed by atoms with Gasteiger partial charge in [-0.15, -0.1) is 0 Å². The van der Waals surface area contributed by atoms with Crippen LogP contribution in [0, 0.1) is 0 Å². The lowest BCUT2D eigenvalue weighted by molar-refractivity contribution is 0.0795. The highest BCUT2D eigenvalue weighted by molar-refractivity contribution is 5.93. The van der Waals surface area contributed by atoms with Crippen LogP contribution >= 0.6 is 0 Å². The van der Waals surface area contributed by atoms with E-state index in [0.717, 1.165) is 22.0 Å². The summed E-state index contributed by atoms with van der Waals surface area (Å²) < 4.78 is 0. The lowest BCUT2D eigenvalue weighted by Gasteiger charge is -2.25. The Bertz CT molecular complexity index is 737. The lowest BCUT2D eigenvalue weighted by Crippen LogP contribution is -2.28. The van der Waals surface area contributed by atoms with Crippen LogP contribution in [0.1, 0.15) is 11.6 Å². The molecule has 22 heavy (non-hydrogen) atoms. The predicted molar refractivity (Wildman–Crippen MR) is 89.8 cm³/mol. The molecule has 0 amide bonds. The number of anilines is 1. The van der Waals surface area contributed by atoms with Gasteiger partial charge in [-0.25, -0.2) is 0 Å². The first-order valence-electron chi connectivity index (χ1n) is 7.38. The van der Waals surface area contributed by atoms with Gasteiger partial charge in [0, 0.05) is 11.1 Å². The molecule has 112 valence electrons. The Labute approximate surface area is 129 Å². The topological polar surface area (TPSA) is 52.5 Å². The van der Waals surface area contributed by atoms with Crippen LogP contribution < -0.4 is 5.32 Å². The van der Waals surface area contributed by atoms with Crippen molar-refractivity contribution in [3.8, 4) is 0 Å². The minimum absolute atomic E-state index is 0.294. The van der Waals surface area contributed by atoms with Gasteiger partial charge in [0.05, 0.1) is 12.6 Å². The van der Waals surface area contributed by atoms with E-state index in [2.05, 4.69) is 17.4 Å². The summed E-state index contributed by atoms with van der Waals surface area (Å²) in [6, 6.07) is 23.4. The Kier molecular flexibility index (Phi) is 4.37. The molecule has 0 aromatic heterocycles. The molecule has 2 atom stereocenters. The molecule has 3 rings (SSSR count). The maximum Gasteiger partial charge on any atom is 0.101 e. The van der Waals surface area contributed by atoms with Crippen LogP contribution in [0.4, 0.5) is 5.69 Å². The van der Waals surface area contributed by atoms with Gasteiger partial charge in [-0.1, -0.05) is 66.7 Å². The van der Waals surface area contributed by atoms with Crippen molar-refractivity contribution >= 4 is 16.5 Å². The van der Waals surface area contributed by atoms with Gasteiger partial charge in [-0.3, -0.25) is 0 Å². The van der Waals surface area contributed by atoms with E-state index in [1.54, 1.807) is 0 Å². The summed E-state index contributed by atoms with van der Waals surface area (Å²) >= 11 is 0. The Morgan fingerprint density at radius 1 is 0.818 bits per heavy atom. The average Bonchev–Trinajstić information content (AvgIpc) is 2.60. The highest BCUT2D eigenvalue weighted by atomic mass is 16.3. The van der Waals surface area contributed by atoms with E-state index < -0.39 is 6.10 Å². The SMILES string of the molecule is OC[C@H](O)[C@H](Nc1cccc2ccccc12)c1ccccc1. The Morgan fingerprint density at radius 3 is 2.27 bits per heavy atom. The van der Waals surface area contributed by atoms with Gasteiger partial charge in [0.1, 0.15) is 6.10 Å². The molecule has 3 aromatic rings. The van der Waals surface area contributed by atoms with E-state index in [9.17, 15) is 10.2 Å². The molecule has 0 saturated heterocycles. The minimum Gasteiger partial charge on any atom is -0.394 e. The molecule has 0 aliphatic rings. The quantitative estimate of drug-likeness (QED) is 0.676. The first-order chi connectivity index (χ1) is 10.8. The van der Waals surface area contributed by atoms with Crippen molar-refractivity contribution in [3.05, 3.63) is 78.4 Å². The fourth-order valence-electron chi connectivity index (χ4n) is 2.69. The van der Waals surface area contributed by atoms with Gasteiger partial charge in [0.2, 0.25) is 0 Å². The summed E-state index contributed by atoms with van der Waals surface area (Å²) in [5.74, 6) is 0. The van der Waals surface area contributed by atoms with E-state index in [0.29, 0.717) is 0 Å². The van der Waals surface area contributed by atoms with Gasteiger partial charge < -0.3 is 15.5 Å². The van der Waals surface area contributed by atoms with Gasteiger partial charge in [-0.05, 0) is 17.0 Å². The number of nitrogens with one attached hydrogen (secondary N) is 1. The standard InChI is InChI=1S/C19H19NO2/c21-13-18(22)19(15-8-2-1-3-9-15)20-17-12-6-10-14-7-4-5-11-16(14)17/h1-12,18-22H,13H2/t18-,19+/m0/s1. The summed E-state index contributed by atoms with van der Waals surface area (Å²) in [7, 11) is 0. The summed E-state index contributed by atoms with van der Waals surface area (Å²) in [4.78, 5) is 0. The molecule has 0 aliphatic heterocycles. The fourth-order valence-corrected chi connectivity index (χ4v) is 2.69. The van der Waals surface area contributed by atoms with Crippen LogP contribution in [0.25, 0.3) is 10.8 Å². The molecule has 3 nitrogen and oxygen atoms in total. The summed E-state index contributed by atoms with van der Waals surface area (Å²) in [5.41, 5.74) is 1.89. The zero-order chi connectivity index (χ0) is 15.4. The molecule has 0 spiro atoms. The first kappa shape index (κ1) is 14.6. The molecule has 0 bridgehead atoms. The van der Waals surface area contributed by atoms with E-state index in [1.165, 1.54) is 0 Å². The van der Waals surface area contributed by atoms with Crippen molar-refractivity contribution in [1.82, 2.24) is 0 Å². The Balaban J connectivity index is 1.99. The van der Waals surface area contributed by atoms with Crippen molar-refractivity contribution < 1.29 is 10.2 Å². The molecule has 0 heterocycles. The molecular formula is C19H19NO2. The van der Waals surface area contributed by atoms with Crippen LogP contribution in [0.3, 0.4) is 0 Å². The van der Waals surface area contributed by atoms with Gasteiger partial charge in [-0.2, -0.15) is 0 Å². The Hall–Kier alpha value is -2.36. The van der Waals surface area contributed by atoms with Crippen LogP contribution in [-0.4, -0.2) is 22.9 Å². The van der Waals surface area contributed by atoms with Gasteiger partial charge in [0.15, 0.2) is 0 Å². The molecule has 3 N–H and O–H groups in total. The van der Waals surface area contributed by atoms with E-state index in [1.807, 2.05) is 60.7 Å². The summed E-state index contributed by atoms with van der Waals surface area (Å²) in [6.07, 6.45) is -0.874. The lowest BCUT2D eigenvalue weighted by atomic mass is 10.0. The van der Waals surface area contributed by atoms with Crippen molar-refractivity contribution in [3.63, 3.8) is 0 Å². The van der Waals surface area contributed by atoms with Crippen LogP contribution in [-0.2, 0) is 0 Å². The number of benzene rings is 3. The van der Waals surface area contributed by atoms with E-state index in [-0.39, 0.29) is 12.6 Å². The van der Waals surface area contributed by atoms with Crippen molar-refractivity contribution in [2.24, 2.45) is 0 Å². The van der Waals surface area contributed by atoms with Crippen molar-refractivity contribution in [2.75, 3.05) is 11.9 Å². The van der Waals surface area contributed by atoms with Crippen LogP contribution in [0.15, 0.2) is 72.8 Å². The average molecular weight is 293 g/mol. The maximum absolute atomic E-state index is 10.2. The molecular weight excluding hydrogens is 274 g/mol. The second-order valence-electron chi connectivity index (χ2n) is 5.31. The molecule has 0 aliphatic carbocycles. The number of hydrogen-bond acceptors (Lipinski definition) is 3. The third-order valence-electron chi connectivity index (χ3n) is 3.83. The Morgan fingerprint density at radius 2 is 1.50 bits per heavy atom. The largest absolute Gasteiger partial charge is 0.394 e. The first-order valence-corrected chi connectivity index (χ1v) is 7.38. The molecule has 0 saturated carbocycles. The van der Waals surface area contributed by atoms with Crippen molar-refractivity contribution in [2.45, 2.75) is 12.1 Å². The minimum atomic E-state index is -0.874. The zero-order valence-corrected chi connectivity index (χ0v) is 12.2. The summed E-state index contributed by atoms with van der Waals surface area (Å²) in [5, 5.41) is 25.2. The van der Waals surface area contributed by atoms with Gasteiger partial charge >= 0.3 is 0 Å². The van der Waals surface area contributed by atoms with E-state index in [4.69, 9.17) is 0 Å². The normalized spacial score (nSPS) is 13.7. The highest BCUT2D eigenvalue weighted by Crippen LogP contribution is 2.28. The monoisotopic (exact) mass is 293 g/mol. The van der Waals surface area contributed by atoms with Gasteiger partial charge in [0.25, 0.3) is 0 Å².